The van der Waals surface area contributed by atoms with Crippen LogP contribution in [0.1, 0.15) is 12.5 Å². The molecule has 14 heteroatoms. The summed E-state index contributed by atoms with van der Waals surface area (Å²) in [6, 6.07) is 7.92. The summed E-state index contributed by atoms with van der Waals surface area (Å²) in [5, 5.41) is 3.44. The van der Waals surface area contributed by atoms with Crippen LogP contribution in [0.25, 0.3) is 22.0 Å². The first-order valence-electron chi connectivity index (χ1n) is 11.5. The molecule has 4 aromatic rings. The number of benzene rings is 2. The highest BCUT2D eigenvalue weighted by Gasteiger charge is 2.34. The number of oxazole rings is 1. The van der Waals surface area contributed by atoms with Gasteiger partial charge < -0.3 is 9.73 Å². The SMILES string of the molecule is C[C@@H](CN1CCN(S(=O)(=O)c2ccc3[nH]c(=O)oc3c2)CC1)Nc1ncnc2c(C(F)(F)F)cccc12. The van der Waals surface area contributed by atoms with Crippen LogP contribution in [0.3, 0.4) is 0 Å². The number of anilines is 1. The summed E-state index contributed by atoms with van der Waals surface area (Å²) >= 11 is 0. The van der Waals surface area contributed by atoms with Gasteiger partial charge in [0, 0.05) is 50.2 Å². The standard InChI is InChI=1S/C23H23F3N6O4S/c1-14(29-21-16-3-2-4-17(23(24,25)26)20(16)27-13-28-21)12-31-7-9-32(10-8-31)37(34,35)15-5-6-18-19(11-15)36-22(33)30-18/h2-6,11,13-14H,7-10,12H2,1H3,(H,30,33)(H,27,28,29)/t14-/m0/s1. The van der Waals surface area contributed by atoms with Gasteiger partial charge in [-0.2, -0.15) is 17.5 Å². The second-order valence-corrected chi connectivity index (χ2v) is 10.8. The lowest BCUT2D eigenvalue weighted by Crippen LogP contribution is -2.50. The van der Waals surface area contributed by atoms with Crippen molar-refractivity contribution in [2.24, 2.45) is 0 Å². The van der Waals surface area contributed by atoms with Gasteiger partial charge in [-0.3, -0.25) is 9.88 Å². The normalized spacial score (nSPS) is 16.9. The Morgan fingerprint density at radius 3 is 2.62 bits per heavy atom. The molecule has 0 unspecified atom stereocenters. The topological polar surface area (TPSA) is 124 Å². The molecule has 0 aliphatic carbocycles. The third-order valence-corrected chi connectivity index (χ3v) is 8.14. The Morgan fingerprint density at radius 2 is 1.89 bits per heavy atom. The van der Waals surface area contributed by atoms with Crippen LogP contribution in [0.4, 0.5) is 19.0 Å². The van der Waals surface area contributed by atoms with Gasteiger partial charge in [0.25, 0.3) is 0 Å². The van der Waals surface area contributed by atoms with Gasteiger partial charge in [-0.05, 0) is 31.2 Å². The quantitative estimate of drug-likeness (QED) is 0.386. The highest BCUT2D eigenvalue weighted by Crippen LogP contribution is 2.35. The van der Waals surface area contributed by atoms with Crippen LogP contribution < -0.4 is 11.1 Å². The fourth-order valence-corrected chi connectivity index (χ4v) is 5.92. The molecule has 0 spiro atoms. The molecule has 5 rings (SSSR count). The summed E-state index contributed by atoms with van der Waals surface area (Å²) in [4.78, 5) is 23.9. The third kappa shape index (κ3) is 5.04. The largest absolute Gasteiger partial charge is 0.418 e. The first-order valence-corrected chi connectivity index (χ1v) is 12.9. The highest BCUT2D eigenvalue weighted by atomic mass is 32.2. The van der Waals surface area contributed by atoms with Crippen molar-refractivity contribution in [3.05, 3.63) is 58.8 Å². The van der Waals surface area contributed by atoms with E-state index in [-0.39, 0.29) is 40.5 Å². The van der Waals surface area contributed by atoms with Crippen molar-refractivity contribution in [3.8, 4) is 0 Å². The summed E-state index contributed by atoms with van der Waals surface area (Å²) < 4.78 is 72.6. The van der Waals surface area contributed by atoms with Gasteiger partial charge in [0.2, 0.25) is 10.0 Å². The molecule has 3 heterocycles. The van der Waals surface area contributed by atoms with Crippen molar-refractivity contribution < 1.29 is 26.0 Å². The number of nitrogens with one attached hydrogen (secondary N) is 2. The smallest absolute Gasteiger partial charge is 0.408 e. The number of hydrogen-bond donors (Lipinski definition) is 2. The molecule has 2 aromatic heterocycles. The van der Waals surface area contributed by atoms with Crippen LogP contribution in [0.5, 0.6) is 0 Å². The van der Waals surface area contributed by atoms with Crippen molar-refractivity contribution in [2.75, 3.05) is 38.0 Å². The van der Waals surface area contributed by atoms with Crippen LogP contribution in [0, 0.1) is 0 Å². The van der Waals surface area contributed by atoms with Crippen LogP contribution >= 0.6 is 0 Å². The molecular formula is C23H23F3N6O4S. The number of alkyl halides is 3. The molecule has 37 heavy (non-hydrogen) atoms. The maximum Gasteiger partial charge on any atom is 0.418 e. The van der Waals surface area contributed by atoms with E-state index in [9.17, 15) is 26.4 Å². The molecule has 2 aromatic carbocycles. The molecule has 196 valence electrons. The molecule has 1 saturated heterocycles. The lowest BCUT2D eigenvalue weighted by Gasteiger charge is -2.35. The molecule has 1 atom stereocenters. The number of H-pyrrole nitrogens is 1. The molecule has 1 fully saturated rings. The number of rotatable bonds is 6. The molecular weight excluding hydrogens is 513 g/mol. The first kappa shape index (κ1) is 25.2. The van der Waals surface area contributed by atoms with Gasteiger partial charge in [-0.15, -0.1) is 0 Å². The zero-order chi connectivity index (χ0) is 26.4. The van der Waals surface area contributed by atoms with Gasteiger partial charge in [-0.1, -0.05) is 6.07 Å². The average Bonchev–Trinajstić information content (AvgIpc) is 3.23. The molecule has 0 saturated carbocycles. The second-order valence-electron chi connectivity index (χ2n) is 8.84. The number of piperazine rings is 1. The number of halogens is 3. The van der Waals surface area contributed by atoms with E-state index in [2.05, 4.69) is 25.2 Å². The Morgan fingerprint density at radius 1 is 1.14 bits per heavy atom. The number of fused-ring (bicyclic) bond motifs is 2. The van der Waals surface area contributed by atoms with E-state index in [0.29, 0.717) is 31.0 Å². The fourth-order valence-electron chi connectivity index (χ4n) is 4.49. The van der Waals surface area contributed by atoms with Crippen LogP contribution in [0.2, 0.25) is 0 Å². The van der Waals surface area contributed by atoms with Crippen molar-refractivity contribution >= 4 is 37.8 Å². The molecule has 0 amide bonds. The zero-order valence-electron chi connectivity index (χ0n) is 19.6. The molecule has 10 nitrogen and oxygen atoms in total. The summed E-state index contributed by atoms with van der Waals surface area (Å²) in [6.07, 6.45) is -3.43. The van der Waals surface area contributed by atoms with Gasteiger partial charge in [0.05, 0.1) is 21.5 Å². The van der Waals surface area contributed by atoms with E-state index in [4.69, 9.17) is 4.42 Å². The molecule has 0 bridgehead atoms. The van der Waals surface area contributed by atoms with E-state index in [1.807, 2.05) is 6.92 Å². The Bertz CT molecular complexity index is 1610. The average molecular weight is 537 g/mol. The number of aromatic amines is 1. The summed E-state index contributed by atoms with van der Waals surface area (Å²) in [5.41, 5.74) is -0.403. The first-order chi connectivity index (χ1) is 17.5. The number of sulfonamides is 1. The number of para-hydroxylation sites is 1. The van der Waals surface area contributed by atoms with Crippen molar-refractivity contribution in [3.63, 3.8) is 0 Å². The Hall–Kier alpha value is -3.49. The number of nitrogens with zero attached hydrogens (tertiary/aromatic N) is 4. The predicted molar refractivity (Wildman–Crippen MR) is 130 cm³/mol. The van der Waals surface area contributed by atoms with E-state index in [1.165, 1.54) is 28.6 Å². The predicted octanol–water partition coefficient (Wildman–Crippen LogP) is 2.89. The van der Waals surface area contributed by atoms with Crippen LogP contribution in [-0.2, 0) is 16.2 Å². The molecule has 0 radical (unpaired) electrons. The minimum Gasteiger partial charge on any atom is -0.408 e. The van der Waals surface area contributed by atoms with E-state index < -0.39 is 27.5 Å². The van der Waals surface area contributed by atoms with Crippen molar-refractivity contribution in [1.29, 1.82) is 0 Å². The zero-order valence-corrected chi connectivity index (χ0v) is 20.4. The Labute approximate surface area is 209 Å². The number of hydrogen-bond acceptors (Lipinski definition) is 8. The lowest BCUT2D eigenvalue weighted by atomic mass is 10.1. The van der Waals surface area contributed by atoms with E-state index in [1.54, 1.807) is 6.07 Å². The van der Waals surface area contributed by atoms with Crippen LogP contribution in [-0.4, -0.2) is 71.3 Å². The molecule has 1 aliphatic rings. The summed E-state index contributed by atoms with van der Waals surface area (Å²) in [6.45, 7) is 3.86. The number of aromatic nitrogens is 3. The minimum absolute atomic E-state index is 0.0418. The van der Waals surface area contributed by atoms with Crippen molar-refractivity contribution in [1.82, 2.24) is 24.2 Å². The minimum atomic E-state index is -4.53. The summed E-state index contributed by atoms with van der Waals surface area (Å²) in [7, 11) is -3.78. The van der Waals surface area contributed by atoms with Gasteiger partial charge >= 0.3 is 11.9 Å². The van der Waals surface area contributed by atoms with Gasteiger partial charge in [0.1, 0.15) is 12.1 Å². The Kier molecular flexibility index (Phi) is 6.41. The summed E-state index contributed by atoms with van der Waals surface area (Å²) in [5.74, 6) is -0.353. The van der Waals surface area contributed by atoms with E-state index in [0.717, 1.165) is 12.4 Å². The second kappa shape index (κ2) is 9.43. The van der Waals surface area contributed by atoms with E-state index >= 15 is 0 Å². The molecule has 2 N–H and O–H groups in total. The third-order valence-electron chi connectivity index (χ3n) is 6.25. The monoisotopic (exact) mass is 536 g/mol. The van der Waals surface area contributed by atoms with Gasteiger partial charge in [-0.25, -0.2) is 23.2 Å². The van der Waals surface area contributed by atoms with Crippen molar-refractivity contribution in [2.45, 2.75) is 24.0 Å². The van der Waals surface area contributed by atoms with Crippen LogP contribution in [0.15, 0.2) is 56.8 Å². The fraction of sp³-hybridized carbons (Fsp3) is 0.348. The lowest BCUT2D eigenvalue weighted by molar-refractivity contribution is -0.136. The maximum atomic E-state index is 13.4. The maximum absolute atomic E-state index is 13.4. The Balaban J connectivity index is 1.23. The highest BCUT2D eigenvalue weighted by molar-refractivity contribution is 7.89. The molecule has 1 aliphatic heterocycles. The van der Waals surface area contributed by atoms with Gasteiger partial charge in [0.15, 0.2) is 5.58 Å².